The first kappa shape index (κ1) is 17.4. The molecule has 3 rings (SSSR count). The van der Waals surface area contributed by atoms with Crippen LogP contribution in [0.3, 0.4) is 0 Å². The Morgan fingerprint density at radius 2 is 1.64 bits per heavy atom. The smallest absolute Gasteiger partial charge is 0.195 e. The van der Waals surface area contributed by atoms with E-state index < -0.39 is 0 Å². The predicted octanol–water partition coefficient (Wildman–Crippen LogP) is 4.92. The van der Waals surface area contributed by atoms with Crippen LogP contribution >= 0.6 is 0 Å². The summed E-state index contributed by atoms with van der Waals surface area (Å²) in [4.78, 5) is 4.86. The van der Waals surface area contributed by atoms with Gasteiger partial charge < -0.3 is 0 Å². The molecule has 0 aliphatic heterocycles. The summed E-state index contributed by atoms with van der Waals surface area (Å²) < 4.78 is 4.18. The van der Waals surface area contributed by atoms with Crippen molar-refractivity contribution in [2.45, 2.75) is 46.5 Å². The van der Waals surface area contributed by atoms with Crippen LogP contribution in [-0.4, -0.2) is 9.67 Å². The number of nitrogens with zero attached hydrogens (tertiary/aromatic N) is 3. The van der Waals surface area contributed by atoms with Crippen molar-refractivity contribution in [1.82, 2.24) is 9.67 Å². The topological polar surface area (TPSA) is 21.7 Å². The van der Waals surface area contributed by atoms with E-state index in [4.69, 9.17) is 4.98 Å². The molecule has 0 bridgehead atoms. The van der Waals surface area contributed by atoms with E-state index in [2.05, 4.69) is 74.4 Å². The van der Waals surface area contributed by atoms with Crippen LogP contribution in [0.5, 0.6) is 0 Å². The van der Waals surface area contributed by atoms with Crippen LogP contribution in [0.25, 0.3) is 16.9 Å². The van der Waals surface area contributed by atoms with Gasteiger partial charge in [-0.25, -0.2) is 0 Å². The molecule has 1 aromatic carbocycles. The highest BCUT2D eigenvalue weighted by molar-refractivity contribution is 5.70. The number of benzene rings is 1. The van der Waals surface area contributed by atoms with Crippen LogP contribution in [0.1, 0.15) is 56.2 Å². The van der Waals surface area contributed by atoms with E-state index >= 15 is 0 Å². The van der Waals surface area contributed by atoms with Gasteiger partial charge in [0.25, 0.3) is 0 Å². The quantitative estimate of drug-likeness (QED) is 0.621. The molecule has 3 aromatic rings. The highest BCUT2D eigenvalue weighted by atomic mass is 15.4. The van der Waals surface area contributed by atoms with Crippen molar-refractivity contribution in [3.63, 3.8) is 0 Å². The second-order valence-corrected chi connectivity index (χ2v) is 7.39. The highest BCUT2D eigenvalue weighted by Gasteiger charge is 2.18. The van der Waals surface area contributed by atoms with Gasteiger partial charge in [-0.15, -0.1) is 9.36 Å². The molecule has 0 radical (unpaired) electrons. The molecule has 0 N–H and O–H groups in total. The normalized spacial score (nSPS) is 11.5. The maximum absolute atomic E-state index is 4.86. The second kappa shape index (κ2) is 6.83. The van der Waals surface area contributed by atoms with Crippen LogP contribution in [0, 0.1) is 6.92 Å². The predicted molar refractivity (Wildman–Crippen MR) is 103 cm³/mol. The summed E-state index contributed by atoms with van der Waals surface area (Å²) in [6.07, 6.45) is 6.09. The third kappa shape index (κ3) is 3.23. The molecular weight excluding hydrogens is 306 g/mol. The lowest BCUT2D eigenvalue weighted by atomic mass is 9.86. The van der Waals surface area contributed by atoms with Gasteiger partial charge in [-0.3, -0.25) is 4.98 Å². The van der Waals surface area contributed by atoms with Crippen LogP contribution in [0.15, 0.2) is 48.9 Å². The average molecular weight is 334 g/mol. The number of aromatic nitrogens is 3. The molecule has 25 heavy (non-hydrogen) atoms. The Bertz CT molecular complexity index is 862. The molecule has 2 aromatic heterocycles. The Balaban J connectivity index is 2.18. The van der Waals surface area contributed by atoms with E-state index in [1.54, 1.807) is 0 Å². The summed E-state index contributed by atoms with van der Waals surface area (Å²) in [7, 11) is 2.04. The molecule has 0 saturated heterocycles. The minimum Gasteiger partial charge on any atom is -0.254 e. The number of pyridine rings is 1. The van der Waals surface area contributed by atoms with Gasteiger partial charge in [-0.2, -0.15) is 0 Å². The summed E-state index contributed by atoms with van der Waals surface area (Å²) >= 11 is 0. The van der Waals surface area contributed by atoms with E-state index in [-0.39, 0.29) is 0 Å². The maximum Gasteiger partial charge on any atom is 0.195 e. The monoisotopic (exact) mass is 334 g/mol. The summed E-state index contributed by atoms with van der Waals surface area (Å²) in [5, 5.41) is 0. The van der Waals surface area contributed by atoms with Gasteiger partial charge in [-0.05, 0) is 41.5 Å². The third-order valence-corrected chi connectivity index (χ3v) is 4.83. The SMILES string of the molecule is Cc1cc(-c2c(C(C)C)cccc2C(C)C)ncc1-n1ccc[n+]1C. The zero-order valence-electron chi connectivity index (χ0n) is 16.1. The van der Waals surface area contributed by atoms with Crippen molar-refractivity contribution in [2.24, 2.45) is 7.05 Å². The zero-order chi connectivity index (χ0) is 18.1. The number of rotatable bonds is 4. The Morgan fingerprint density at radius 3 is 2.12 bits per heavy atom. The minimum atomic E-state index is 0.470. The van der Waals surface area contributed by atoms with Crippen LogP contribution in [-0.2, 0) is 7.05 Å². The van der Waals surface area contributed by atoms with Crippen molar-refractivity contribution in [2.75, 3.05) is 0 Å². The number of hydrogen-bond donors (Lipinski definition) is 0. The fraction of sp³-hybridized carbons (Fsp3) is 0.364. The molecule has 0 aliphatic rings. The van der Waals surface area contributed by atoms with Crippen molar-refractivity contribution in [3.8, 4) is 16.9 Å². The van der Waals surface area contributed by atoms with Gasteiger partial charge in [0.1, 0.15) is 5.69 Å². The summed E-state index contributed by atoms with van der Waals surface area (Å²) in [5.74, 6) is 0.940. The Morgan fingerprint density at radius 1 is 1.00 bits per heavy atom. The van der Waals surface area contributed by atoms with Crippen molar-refractivity contribution < 1.29 is 4.68 Å². The maximum atomic E-state index is 4.86. The molecule has 130 valence electrons. The molecular formula is C22H28N3+. The lowest BCUT2D eigenvalue weighted by Gasteiger charge is -2.20. The van der Waals surface area contributed by atoms with Crippen LogP contribution < -0.4 is 4.68 Å². The van der Waals surface area contributed by atoms with Gasteiger partial charge >= 0.3 is 0 Å². The average Bonchev–Trinajstić information content (AvgIpc) is 2.99. The molecule has 2 heterocycles. The first-order chi connectivity index (χ1) is 11.9. The molecule has 0 amide bonds. The molecule has 3 heteroatoms. The molecule has 0 spiro atoms. The lowest BCUT2D eigenvalue weighted by molar-refractivity contribution is -0.744. The molecule has 0 fully saturated rings. The summed E-state index contributed by atoms with van der Waals surface area (Å²) in [6, 6.07) is 10.9. The summed E-state index contributed by atoms with van der Waals surface area (Å²) in [6.45, 7) is 11.2. The largest absolute Gasteiger partial charge is 0.254 e. The second-order valence-electron chi connectivity index (χ2n) is 7.39. The van der Waals surface area contributed by atoms with Crippen molar-refractivity contribution in [3.05, 3.63) is 65.6 Å². The van der Waals surface area contributed by atoms with Gasteiger partial charge in [-0.1, -0.05) is 45.9 Å². The van der Waals surface area contributed by atoms with Crippen LogP contribution in [0.4, 0.5) is 0 Å². The third-order valence-electron chi connectivity index (χ3n) is 4.83. The van der Waals surface area contributed by atoms with Crippen LogP contribution in [0.2, 0.25) is 0 Å². The first-order valence-electron chi connectivity index (χ1n) is 9.03. The van der Waals surface area contributed by atoms with Gasteiger partial charge in [0.05, 0.1) is 18.1 Å². The van der Waals surface area contributed by atoms with Gasteiger partial charge in [0, 0.05) is 11.6 Å². The van der Waals surface area contributed by atoms with E-state index in [1.807, 2.05) is 25.5 Å². The molecule has 0 saturated carbocycles. The summed E-state index contributed by atoms with van der Waals surface area (Å²) in [5.41, 5.74) is 7.47. The highest BCUT2D eigenvalue weighted by Crippen LogP contribution is 2.35. The first-order valence-corrected chi connectivity index (χ1v) is 9.03. The Hall–Kier alpha value is -2.42. The molecule has 0 atom stereocenters. The van der Waals surface area contributed by atoms with E-state index in [0.717, 1.165) is 11.4 Å². The fourth-order valence-electron chi connectivity index (χ4n) is 3.44. The fourth-order valence-corrected chi connectivity index (χ4v) is 3.44. The Labute approximate surface area is 151 Å². The van der Waals surface area contributed by atoms with Crippen molar-refractivity contribution >= 4 is 0 Å². The van der Waals surface area contributed by atoms with E-state index in [1.165, 1.54) is 22.3 Å². The molecule has 3 nitrogen and oxygen atoms in total. The van der Waals surface area contributed by atoms with Crippen molar-refractivity contribution in [1.29, 1.82) is 0 Å². The lowest BCUT2D eigenvalue weighted by Crippen LogP contribution is -2.37. The van der Waals surface area contributed by atoms with E-state index in [0.29, 0.717) is 11.8 Å². The molecule has 0 aliphatic carbocycles. The number of hydrogen-bond acceptors (Lipinski definition) is 1. The standard InChI is InChI=1S/C22H28N3/c1-15(2)18-9-7-10-19(16(3)4)22(18)20-13-17(5)21(14-23-20)25-12-8-11-24(25)6/h7-16H,1-6H3/q+1. The van der Waals surface area contributed by atoms with E-state index in [9.17, 15) is 0 Å². The zero-order valence-corrected chi connectivity index (χ0v) is 16.1. The van der Waals surface area contributed by atoms with Gasteiger partial charge in [0.15, 0.2) is 13.2 Å². The number of aryl methyl sites for hydroxylation is 2. The van der Waals surface area contributed by atoms with Gasteiger partial charge in [0.2, 0.25) is 0 Å². The molecule has 0 unspecified atom stereocenters. The minimum absolute atomic E-state index is 0.470. The Kier molecular flexibility index (Phi) is 4.76.